The number of hydrogen-bond donors (Lipinski definition) is 1. The molecule has 162 valence electrons. The van der Waals surface area contributed by atoms with Gasteiger partial charge < -0.3 is 0 Å². The van der Waals surface area contributed by atoms with E-state index in [9.17, 15) is 14.4 Å². The van der Waals surface area contributed by atoms with Gasteiger partial charge in [-0.3, -0.25) is 29.7 Å². The summed E-state index contributed by atoms with van der Waals surface area (Å²) in [7, 11) is 0. The zero-order valence-corrected chi connectivity index (χ0v) is 17.8. The van der Waals surface area contributed by atoms with Gasteiger partial charge in [-0.1, -0.05) is 56.5 Å². The number of likely N-dealkylation sites (tertiary alicyclic amines) is 1. The lowest BCUT2D eigenvalue weighted by molar-refractivity contribution is -0.139. The monoisotopic (exact) mass is 412 g/mol. The highest BCUT2D eigenvalue weighted by Crippen LogP contribution is 2.17. The molecular weight excluding hydrogens is 380 g/mol. The van der Waals surface area contributed by atoms with Crippen LogP contribution in [0.1, 0.15) is 51.0 Å². The van der Waals surface area contributed by atoms with E-state index < -0.39 is 23.8 Å². The summed E-state index contributed by atoms with van der Waals surface area (Å²) in [5, 5.41) is 2.30. The number of hydrogen-bond acceptors (Lipinski definition) is 5. The Labute approximate surface area is 178 Å². The van der Waals surface area contributed by atoms with Crippen molar-refractivity contribution in [2.45, 2.75) is 58.0 Å². The summed E-state index contributed by atoms with van der Waals surface area (Å²) in [6, 6.07) is 9.88. The third-order valence-electron chi connectivity index (χ3n) is 5.78. The minimum Gasteiger partial charge on any atom is -0.299 e. The molecule has 0 spiro atoms. The van der Waals surface area contributed by atoms with E-state index in [0.717, 1.165) is 63.1 Å². The van der Waals surface area contributed by atoms with Crippen LogP contribution in [0, 0.1) is 5.92 Å². The van der Waals surface area contributed by atoms with Gasteiger partial charge in [0, 0.05) is 32.4 Å². The Hall–Kier alpha value is -2.54. The second-order valence-corrected chi connectivity index (χ2v) is 8.11. The first-order valence-corrected chi connectivity index (χ1v) is 11.0. The number of nitrogens with one attached hydrogen (secondary N) is 1. The first-order valence-electron chi connectivity index (χ1n) is 11.0. The van der Waals surface area contributed by atoms with Gasteiger partial charge in [0.2, 0.25) is 11.8 Å². The van der Waals surface area contributed by atoms with Crippen molar-refractivity contribution in [1.29, 1.82) is 0 Å². The number of carbonyl (C=O) groups excluding carboxylic acids is 3. The van der Waals surface area contributed by atoms with Gasteiger partial charge in [0.15, 0.2) is 5.92 Å². The highest BCUT2D eigenvalue weighted by atomic mass is 16.2. The molecule has 2 fully saturated rings. The van der Waals surface area contributed by atoms with Crippen molar-refractivity contribution in [3.05, 3.63) is 35.9 Å². The van der Waals surface area contributed by atoms with E-state index in [1.807, 2.05) is 6.07 Å². The number of piperidine rings is 1. The SMILES string of the molecule is CCCCCCN1C(=O)NC(=O)[C@H](C=NC2CCN(Cc3ccccc3)CC2)C1=O. The van der Waals surface area contributed by atoms with E-state index in [1.165, 1.54) is 11.8 Å². The second-order valence-electron chi connectivity index (χ2n) is 8.11. The fraction of sp³-hybridized carbons (Fsp3) is 0.565. The van der Waals surface area contributed by atoms with Crippen LogP contribution in [0.15, 0.2) is 35.3 Å². The first kappa shape index (κ1) is 22.2. The molecule has 30 heavy (non-hydrogen) atoms. The lowest BCUT2D eigenvalue weighted by Gasteiger charge is -2.31. The summed E-state index contributed by atoms with van der Waals surface area (Å²) < 4.78 is 0. The number of rotatable bonds is 9. The van der Waals surface area contributed by atoms with E-state index >= 15 is 0 Å². The van der Waals surface area contributed by atoms with Crippen molar-refractivity contribution in [3.63, 3.8) is 0 Å². The summed E-state index contributed by atoms with van der Waals surface area (Å²) in [5.41, 5.74) is 1.30. The number of amides is 4. The van der Waals surface area contributed by atoms with Crippen molar-refractivity contribution >= 4 is 24.1 Å². The highest BCUT2D eigenvalue weighted by molar-refractivity contribution is 6.23. The average molecular weight is 413 g/mol. The largest absolute Gasteiger partial charge is 0.330 e. The number of unbranched alkanes of at least 4 members (excludes halogenated alkanes) is 3. The molecule has 1 aromatic carbocycles. The van der Waals surface area contributed by atoms with Gasteiger partial charge in [0.25, 0.3) is 0 Å². The zero-order chi connectivity index (χ0) is 21.3. The van der Waals surface area contributed by atoms with Gasteiger partial charge in [-0.2, -0.15) is 0 Å². The summed E-state index contributed by atoms with van der Waals surface area (Å²) >= 11 is 0. The lowest BCUT2D eigenvalue weighted by atomic mass is 10.0. The van der Waals surface area contributed by atoms with Crippen LogP contribution in [-0.2, 0) is 16.1 Å². The van der Waals surface area contributed by atoms with Crippen molar-refractivity contribution in [1.82, 2.24) is 15.1 Å². The van der Waals surface area contributed by atoms with E-state index in [-0.39, 0.29) is 6.04 Å². The topological polar surface area (TPSA) is 82.1 Å². The molecule has 2 saturated heterocycles. The average Bonchev–Trinajstić information content (AvgIpc) is 2.75. The molecule has 0 aliphatic carbocycles. The molecule has 1 N–H and O–H groups in total. The number of carbonyl (C=O) groups is 3. The minimum absolute atomic E-state index is 0.105. The molecule has 2 aliphatic rings. The molecule has 2 heterocycles. The normalized spacial score (nSPS) is 21.4. The molecule has 0 bridgehead atoms. The maximum atomic E-state index is 12.7. The van der Waals surface area contributed by atoms with E-state index in [0.29, 0.717) is 6.54 Å². The number of barbiturate groups is 1. The molecule has 1 atom stereocenters. The summed E-state index contributed by atoms with van der Waals surface area (Å²) in [5.74, 6) is -2.03. The van der Waals surface area contributed by atoms with Crippen molar-refractivity contribution in [2.75, 3.05) is 19.6 Å². The predicted octanol–water partition coefficient (Wildman–Crippen LogP) is 3.00. The molecule has 1 aromatic rings. The molecule has 0 aromatic heterocycles. The van der Waals surface area contributed by atoms with Crippen LogP contribution < -0.4 is 5.32 Å². The van der Waals surface area contributed by atoms with Crippen LogP contribution in [0.2, 0.25) is 0 Å². The molecule has 0 unspecified atom stereocenters. The fourth-order valence-corrected chi connectivity index (χ4v) is 3.95. The molecular formula is C23H32N4O3. The van der Waals surface area contributed by atoms with E-state index in [2.05, 4.69) is 46.4 Å². The van der Waals surface area contributed by atoms with Crippen molar-refractivity contribution in [3.8, 4) is 0 Å². The Morgan fingerprint density at radius 3 is 2.50 bits per heavy atom. The quantitative estimate of drug-likeness (QED) is 0.384. The lowest BCUT2D eigenvalue weighted by Crippen LogP contribution is -2.58. The summed E-state index contributed by atoms with van der Waals surface area (Å²) in [4.78, 5) is 45.0. The van der Waals surface area contributed by atoms with Crippen molar-refractivity contribution in [2.24, 2.45) is 10.9 Å². The van der Waals surface area contributed by atoms with Gasteiger partial charge in [0.1, 0.15) is 0 Å². The second kappa shape index (κ2) is 11.0. The number of urea groups is 1. The predicted molar refractivity (Wildman–Crippen MR) is 116 cm³/mol. The Bertz CT molecular complexity index is 757. The van der Waals surface area contributed by atoms with Crippen LogP contribution >= 0.6 is 0 Å². The highest BCUT2D eigenvalue weighted by Gasteiger charge is 2.39. The van der Waals surface area contributed by atoms with E-state index in [4.69, 9.17) is 0 Å². The smallest absolute Gasteiger partial charge is 0.299 e. The number of aliphatic imine (C=N–C) groups is 1. The minimum atomic E-state index is -1.00. The molecule has 0 radical (unpaired) electrons. The molecule has 2 aliphatic heterocycles. The van der Waals surface area contributed by atoms with Crippen LogP contribution in [0.25, 0.3) is 0 Å². The Morgan fingerprint density at radius 1 is 1.07 bits per heavy atom. The van der Waals surface area contributed by atoms with Gasteiger partial charge in [-0.25, -0.2) is 4.79 Å². The zero-order valence-electron chi connectivity index (χ0n) is 17.8. The molecule has 7 heteroatoms. The van der Waals surface area contributed by atoms with Crippen LogP contribution in [0.5, 0.6) is 0 Å². The Kier molecular flexibility index (Phi) is 8.13. The number of benzene rings is 1. The summed E-state index contributed by atoms with van der Waals surface area (Å²) in [6.07, 6.45) is 7.11. The third-order valence-corrected chi connectivity index (χ3v) is 5.78. The van der Waals surface area contributed by atoms with Gasteiger partial charge >= 0.3 is 6.03 Å². The van der Waals surface area contributed by atoms with Crippen molar-refractivity contribution < 1.29 is 14.4 Å². The van der Waals surface area contributed by atoms with Gasteiger partial charge in [-0.05, 0) is 24.8 Å². The summed E-state index contributed by atoms with van der Waals surface area (Å²) in [6.45, 7) is 5.25. The maximum absolute atomic E-state index is 12.7. The molecule has 7 nitrogen and oxygen atoms in total. The Balaban J connectivity index is 1.50. The van der Waals surface area contributed by atoms with Crippen LogP contribution in [0.3, 0.4) is 0 Å². The number of nitrogens with zero attached hydrogens (tertiary/aromatic N) is 3. The first-order chi connectivity index (χ1) is 14.6. The standard InChI is InChI=1S/C23H32N4O3/c1-2-3-4-8-13-27-22(29)20(21(28)25-23(27)30)16-24-19-11-14-26(15-12-19)17-18-9-6-5-7-10-18/h5-7,9-10,16,19-20H,2-4,8,11-15,17H2,1H3,(H,25,28,30)/t20-/m0/s1. The number of imide groups is 2. The third kappa shape index (κ3) is 5.98. The van der Waals surface area contributed by atoms with E-state index in [1.54, 1.807) is 0 Å². The van der Waals surface area contributed by atoms with Gasteiger partial charge in [0.05, 0.1) is 6.04 Å². The molecule has 0 saturated carbocycles. The maximum Gasteiger partial charge on any atom is 0.330 e. The molecule has 4 amide bonds. The van der Waals surface area contributed by atoms with Gasteiger partial charge in [-0.15, -0.1) is 0 Å². The Morgan fingerprint density at radius 2 is 1.80 bits per heavy atom. The fourth-order valence-electron chi connectivity index (χ4n) is 3.95. The molecule has 3 rings (SSSR count). The van der Waals surface area contributed by atoms with Crippen LogP contribution in [-0.4, -0.2) is 59.5 Å². The van der Waals surface area contributed by atoms with Crippen LogP contribution in [0.4, 0.5) is 4.79 Å².